The van der Waals surface area contributed by atoms with Crippen LogP contribution in [0.3, 0.4) is 0 Å². The molecule has 4 rings (SSSR count). The molecule has 0 bridgehead atoms. The van der Waals surface area contributed by atoms with Crippen molar-refractivity contribution in [3.8, 4) is 9.88 Å². The molecule has 2 fully saturated rings. The van der Waals surface area contributed by atoms with E-state index in [0.29, 0.717) is 38.2 Å². The largest absolute Gasteiger partial charge is 0.380 e. The number of nitrogens with zero attached hydrogens (tertiary/aromatic N) is 3. The highest BCUT2D eigenvalue weighted by molar-refractivity contribution is 7.20. The fraction of sp³-hybridized carbons (Fsp3) is 0.526. The molecular weight excluding hydrogens is 382 g/mol. The van der Waals surface area contributed by atoms with Gasteiger partial charge in [0.2, 0.25) is 5.91 Å². The van der Waals surface area contributed by atoms with Gasteiger partial charge in [0, 0.05) is 39.2 Å². The van der Waals surface area contributed by atoms with Crippen LogP contribution in [0.15, 0.2) is 22.9 Å². The Labute approximate surface area is 166 Å². The second-order valence-corrected chi connectivity index (χ2v) is 9.14. The number of ether oxygens (including phenoxy) is 1. The van der Waals surface area contributed by atoms with Gasteiger partial charge in [-0.3, -0.25) is 9.59 Å². The van der Waals surface area contributed by atoms with Crippen molar-refractivity contribution in [3.05, 3.63) is 28.6 Å². The van der Waals surface area contributed by atoms with Crippen molar-refractivity contribution in [1.82, 2.24) is 14.8 Å². The number of likely N-dealkylation sites (N-methyl/N-ethyl adjacent to an activating group) is 1. The van der Waals surface area contributed by atoms with Gasteiger partial charge in [-0.15, -0.1) is 22.7 Å². The number of hydrogen-bond donors (Lipinski definition) is 0. The summed E-state index contributed by atoms with van der Waals surface area (Å²) in [7, 11) is 3.54. The van der Waals surface area contributed by atoms with E-state index < -0.39 is 5.41 Å². The Hall–Kier alpha value is -1.77. The van der Waals surface area contributed by atoms with E-state index >= 15 is 0 Å². The first kappa shape index (κ1) is 18.6. The van der Waals surface area contributed by atoms with Crippen molar-refractivity contribution in [2.45, 2.75) is 25.4 Å². The van der Waals surface area contributed by atoms with Crippen LogP contribution in [0.2, 0.25) is 0 Å². The van der Waals surface area contributed by atoms with Gasteiger partial charge in [-0.2, -0.15) is 0 Å². The third-order valence-electron chi connectivity index (χ3n) is 5.69. The Morgan fingerprint density at radius 3 is 2.78 bits per heavy atom. The first-order chi connectivity index (χ1) is 13.0. The highest BCUT2D eigenvalue weighted by Gasteiger charge is 2.48. The van der Waals surface area contributed by atoms with Crippen LogP contribution in [0.25, 0.3) is 9.88 Å². The van der Waals surface area contributed by atoms with Crippen LogP contribution in [0.5, 0.6) is 0 Å². The van der Waals surface area contributed by atoms with Crippen LogP contribution in [0.1, 0.15) is 29.8 Å². The summed E-state index contributed by atoms with van der Waals surface area (Å²) in [4.78, 5) is 34.9. The van der Waals surface area contributed by atoms with Gasteiger partial charge in [0.1, 0.15) is 10.7 Å². The first-order valence-electron chi connectivity index (χ1n) is 9.09. The Bertz CT molecular complexity index is 825. The quantitative estimate of drug-likeness (QED) is 0.788. The van der Waals surface area contributed by atoms with Crippen molar-refractivity contribution in [1.29, 1.82) is 0 Å². The fourth-order valence-corrected chi connectivity index (χ4v) is 5.75. The van der Waals surface area contributed by atoms with Gasteiger partial charge in [-0.25, -0.2) is 4.98 Å². The van der Waals surface area contributed by atoms with Gasteiger partial charge in [0.05, 0.1) is 16.4 Å². The third kappa shape index (κ3) is 3.41. The zero-order valence-electron chi connectivity index (χ0n) is 15.5. The van der Waals surface area contributed by atoms with Crippen LogP contribution in [0.4, 0.5) is 0 Å². The molecule has 0 saturated carbocycles. The smallest absolute Gasteiger partial charge is 0.273 e. The standard InChI is InChI=1S/C19H23N3O3S2/c1-21-11-13(25-2)10-19(18(21)24)5-7-22(8-6-19)17(23)14-12-27-16(20-14)15-4-3-9-26-15/h3-4,9,12-13H,5-8,10-11H2,1-2H3. The topological polar surface area (TPSA) is 62.7 Å². The first-order valence-corrected chi connectivity index (χ1v) is 10.9. The Kier molecular flexibility index (Phi) is 5.05. The van der Waals surface area contributed by atoms with E-state index in [-0.39, 0.29) is 17.9 Å². The van der Waals surface area contributed by atoms with Gasteiger partial charge < -0.3 is 14.5 Å². The van der Waals surface area contributed by atoms with Crippen molar-refractivity contribution in [2.24, 2.45) is 5.41 Å². The predicted molar refractivity (Wildman–Crippen MR) is 106 cm³/mol. The zero-order chi connectivity index (χ0) is 19.0. The van der Waals surface area contributed by atoms with Crippen molar-refractivity contribution in [3.63, 3.8) is 0 Å². The average Bonchev–Trinajstić information content (AvgIpc) is 3.37. The lowest BCUT2D eigenvalue weighted by atomic mass is 9.71. The summed E-state index contributed by atoms with van der Waals surface area (Å²) >= 11 is 3.12. The number of methoxy groups -OCH3 is 1. The van der Waals surface area contributed by atoms with Crippen LogP contribution >= 0.6 is 22.7 Å². The minimum absolute atomic E-state index is 0.0381. The lowest BCUT2D eigenvalue weighted by Crippen LogP contribution is -2.57. The summed E-state index contributed by atoms with van der Waals surface area (Å²) in [6.07, 6.45) is 2.18. The molecule has 27 heavy (non-hydrogen) atoms. The minimum atomic E-state index is -0.394. The van der Waals surface area contributed by atoms with Crippen LogP contribution in [-0.2, 0) is 9.53 Å². The van der Waals surface area contributed by atoms with E-state index in [1.54, 1.807) is 23.3 Å². The summed E-state index contributed by atoms with van der Waals surface area (Å²) < 4.78 is 5.54. The maximum atomic E-state index is 12.9. The van der Waals surface area contributed by atoms with E-state index in [1.165, 1.54) is 11.3 Å². The summed E-state index contributed by atoms with van der Waals surface area (Å²) in [5.74, 6) is 0.153. The number of carbonyl (C=O) groups excluding carboxylic acids is 2. The molecule has 2 aromatic heterocycles. The molecule has 2 aliphatic heterocycles. The molecule has 1 unspecified atom stereocenters. The lowest BCUT2D eigenvalue weighted by molar-refractivity contribution is -0.155. The number of amides is 2. The Balaban J connectivity index is 1.44. The fourth-order valence-electron chi connectivity index (χ4n) is 4.14. The highest BCUT2D eigenvalue weighted by Crippen LogP contribution is 2.41. The number of thiazole rings is 1. The maximum absolute atomic E-state index is 12.9. The second-order valence-electron chi connectivity index (χ2n) is 7.34. The maximum Gasteiger partial charge on any atom is 0.273 e. The molecule has 1 spiro atoms. The molecule has 1 atom stereocenters. The number of piperidine rings is 2. The molecule has 2 saturated heterocycles. The predicted octanol–water partition coefficient (Wildman–Crippen LogP) is 2.97. The summed E-state index contributed by atoms with van der Waals surface area (Å²) in [5, 5.41) is 4.73. The summed E-state index contributed by atoms with van der Waals surface area (Å²) in [6.45, 7) is 1.81. The lowest BCUT2D eigenvalue weighted by Gasteiger charge is -2.47. The number of aromatic nitrogens is 1. The number of likely N-dealkylation sites (tertiary alicyclic amines) is 2. The normalized spacial score (nSPS) is 22.4. The monoisotopic (exact) mass is 405 g/mol. The van der Waals surface area contributed by atoms with Crippen LogP contribution < -0.4 is 0 Å². The minimum Gasteiger partial charge on any atom is -0.380 e. The molecule has 2 aromatic rings. The molecule has 2 amide bonds. The average molecular weight is 406 g/mol. The molecule has 0 aromatic carbocycles. The van der Waals surface area contributed by atoms with Crippen molar-refractivity contribution < 1.29 is 14.3 Å². The molecule has 0 radical (unpaired) electrons. The van der Waals surface area contributed by atoms with Crippen molar-refractivity contribution >= 4 is 34.5 Å². The zero-order valence-corrected chi connectivity index (χ0v) is 17.1. The highest BCUT2D eigenvalue weighted by atomic mass is 32.1. The van der Waals surface area contributed by atoms with E-state index in [0.717, 1.165) is 16.3 Å². The molecule has 0 N–H and O–H groups in total. The number of hydrogen-bond acceptors (Lipinski definition) is 6. The molecular formula is C19H23N3O3S2. The Morgan fingerprint density at radius 2 is 2.11 bits per heavy atom. The van der Waals surface area contributed by atoms with E-state index in [9.17, 15) is 9.59 Å². The van der Waals surface area contributed by atoms with Gasteiger partial charge in [0.25, 0.3) is 5.91 Å². The molecule has 2 aliphatic rings. The number of rotatable bonds is 3. The molecule has 144 valence electrons. The SMILES string of the molecule is COC1CN(C)C(=O)C2(CCN(C(=O)c3csc(-c4cccs4)n3)CC2)C1. The summed E-state index contributed by atoms with van der Waals surface area (Å²) in [6, 6.07) is 4.00. The van der Waals surface area contributed by atoms with E-state index in [4.69, 9.17) is 4.74 Å². The molecule has 0 aliphatic carbocycles. The van der Waals surface area contributed by atoms with Gasteiger partial charge in [-0.05, 0) is 30.7 Å². The number of carbonyl (C=O) groups is 2. The van der Waals surface area contributed by atoms with Gasteiger partial charge in [-0.1, -0.05) is 6.07 Å². The second kappa shape index (κ2) is 7.33. The summed E-state index contributed by atoms with van der Waals surface area (Å²) in [5.41, 5.74) is 0.107. The molecule has 8 heteroatoms. The van der Waals surface area contributed by atoms with Gasteiger partial charge in [0.15, 0.2) is 0 Å². The molecule has 6 nitrogen and oxygen atoms in total. The van der Waals surface area contributed by atoms with Crippen LogP contribution in [-0.4, -0.2) is 66.5 Å². The van der Waals surface area contributed by atoms with Gasteiger partial charge >= 0.3 is 0 Å². The van der Waals surface area contributed by atoms with E-state index in [2.05, 4.69) is 4.98 Å². The van der Waals surface area contributed by atoms with Crippen molar-refractivity contribution in [2.75, 3.05) is 33.8 Å². The third-order valence-corrected chi connectivity index (χ3v) is 7.57. The number of thiophene rings is 1. The Morgan fingerprint density at radius 1 is 1.33 bits per heavy atom. The van der Waals surface area contributed by atoms with Crippen LogP contribution in [0, 0.1) is 5.41 Å². The molecule has 4 heterocycles. The van der Waals surface area contributed by atoms with E-state index in [1.807, 2.05) is 34.8 Å².